The fourth-order valence-corrected chi connectivity index (χ4v) is 8.36. The normalized spacial score (nSPS) is 24.9. The van der Waals surface area contributed by atoms with Crippen LogP contribution in [0.2, 0.25) is 0 Å². The monoisotopic (exact) mass is 532 g/mol. The van der Waals surface area contributed by atoms with Gasteiger partial charge in [0, 0.05) is 28.0 Å². The maximum absolute atomic E-state index is 13.0. The van der Waals surface area contributed by atoms with E-state index >= 15 is 0 Å². The molecular weight excluding hydrogens is 480 g/mol. The van der Waals surface area contributed by atoms with Crippen LogP contribution in [0.5, 0.6) is 0 Å². The molecule has 2 aliphatic rings. The van der Waals surface area contributed by atoms with Gasteiger partial charge in [-0.25, -0.2) is 0 Å². The Hall–Kier alpha value is -0.650. The molecule has 1 aromatic rings. The molecule has 1 aliphatic carbocycles. The molecule has 1 N–H and O–H groups in total. The van der Waals surface area contributed by atoms with Crippen LogP contribution in [-0.2, 0) is 15.6 Å². The molecule has 5 heteroatoms. The highest BCUT2D eigenvalue weighted by molar-refractivity contribution is 8.04. The Labute approximate surface area is 230 Å². The minimum Gasteiger partial charge on any atom is -0.340 e. The van der Waals surface area contributed by atoms with Gasteiger partial charge in [-0.15, -0.1) is 23.5 Å². The number of thioether (sulfide) groups is 2. The van der Waals surface area contributed by atoms with E-state index in [4.69, 9.17) is 0 Å². The molecule has 0 bridgehead atoms. The number of nitrogens with zero attached hydrogens (tertiary/aromatic N) is 1. The number of hydrogen-bond acceptors (Lipinski definition) is 4. The number of piperidine rings is 1. The zero-order valence-corrected chi connectivity index (χ0v) is 25.9. The predicted octanol–water partition coefficient (Wildman–Crippen LogP) is 8.14. The van der Waals surface area contributed by atoms with Crippen molar-refractivity contribution in [3.05, 3.63) is 29.3 Å². The summed E-state index contributed by atoms with van der Waals surface area (Å²) in [4.78, 5) is 16.9. The molecule has 1 saturated heterocycles. The van der Waals surface area contributed by atoms with Crippen LogP contribution in [-0.4, -0.2) is 45.8 Å². The van der Waals surface area contributed by atoms with Crippen molar-refractivity contribution < 1.29 is 4.79 Å². The van der Waals surface area contributed by atoms with Gasteiger partial charge in [-0.1, -0.05) is 73.8 Å². The summed E-state index contributed by atoms with van der Waals surface area (Å²) in [6, 6.07) is 7.83. The van der Waals surface area contributed by atoms with Gasteiger partial charge in [0.2, 0.25) is 5.91 Å². The van der Waals surface area contributed by atoms with Crippen LogP contribution in [0.15, 0.2) is 23.1 Å². The molecule has 4 unspecified atom stereocenters. The highest BCUT2D eigenvalue weighted by atomic mass is 32.2. The zero-order chi connectivity index (χ0) is 26.5. The van der Waals surface area contributed by atoms with Crippen molar-refractivity contribution >= 4 is 29.4 Å². The maximum Gasteiger partial charge on any atom is 0.231 e. The second-order valence-electron chi connectivity index (χ2n) is 13.1. The smallest absolute Gasteiger partial charge is 0.231 e. The molecule has 36 heavy (non-hydrogen) atoms. The lowest BCUT2D eigenvalue weighted by Crippen LogP contribution is -2.53. The first-order valence-electron chi connectivity index (χ1n) is 14.4. The van der Waals surface area contributed by atoms with Crippen molar-refractivity contribution in [2.45, 2.75) is 145 Å². The number of carbonyl (C=O) groups is 1. The average molecular weight is 533 g/mol. The third kappa shape index (κ3) is 8.43. The number of rotatable bonds is 8. The van der Waals surface area contributed by atoms with E-state index in [1.165, 1.54) is 61.0 Å². The van der Waals surface area contributed by atoms with Crippen molar-refractivity contribution in [1.29, 1.82) is 0 Å². The largest absolute Gasteiger partial charge is 0.340 e. The Kier molecular flexibility index (Phi) is 10.7. The van der Waals surface area contributed by atoms with E-state index in [1.54, 1.807) is 0 Å². The standard InChI is InChI=1S/C31H52N2OS2/c1-9-28(33-17-13-12-14-22(33)2)32-29(34)21-35-26-15-10-11-16-27(26)36-25-19-23(30(3,4)5)18-24(20-25)31(6,7)8/h18-20,22,26-28H,9-17,21H2,1-8H3,(H,32,34). The summed E-state index contributed by atoms with van der Waals surface area (Å²) in [5.74, 6) is 0.791. The van der Waals surface area contributed by atoms with Crippen molar-refractivity contribution in [1.82, 2.24) is 10.2 Å². The van der Waals surface area contributed by atoms with Crippen LogP contribution in [0.25, 0.3) is 0 Å². The molecule has 0 radical (unpaired) electrons. The van der Waals surface area contributed by atoms with E-state index in [1.807, 2.05) is 11.8 Å². The minimum atomic E-state index is 0.136. The summed E-state index contributed by atoms with van der Waals surface area (Å²) < 4.78 is 0. The molecule has 3 nitrogen and oxygen atoms in total. The fraction of sp³-hybridized carbons (Fsp3) is 0.774. The Bertz CT molecular complexity index is 825. The SMILES string of the molecule is CCC(NC(=O)CSC1CCCCC1Sc1cc(C(C)(C)C)cc(C(C)(C)C)c1)N1CCCCC1C. The predicted molar refractivity (Wildman–Crippen MR) is 160 cm³/mol. The van der Waals surface area contributed by atoms with Crippen molar-refractivity contribution in [2.75, 3.05) is 12.3 Å². The molecule has 204 valence electrons. The van der Waals surface area contributed by atoms with Crippen molar-refractivity contribution in [3.63, 3.8) is 0 Å². The Morgan fingerprint density at radius 3 is 2.08 bits per heavy atom. The molecule has 2 fully saturated rings. The second kappa shape index (κ2) is 12.9. The zero-order valence-electron chi connectivity index (χ0n) is 24.3. The highest BCUT2D eigenvalue weighted by Crippen LogP contribution is 2.42. The Balaban J connectivity index is 1.65. The first kappa shape index (κ1) is 29.9. The number of hydrogen-bond donors (Lipinski definition) is 1. The lowest BCUT2D eigenvalue weighted by Gasteiger charge is -2.39. The van der Waals surface area contributed by atoms with Crippen LogP contribution in [0.4, 0.5) is 0 Å². The van der Waals surface area contributed by atoms with Crippen LogP contribution in [0, 0.1) is 0 Å². The van der Waals surface area contributed by atoms with E-state index in [-0.39, 0.29) is 22.9 Å². The molecule has 3 rings (SSSR count). The summed E-state index contributed by atoms with van der Waals surface area (Å²) in [5.41, 5.74) is 3.12. The second-order valence-corrected chi connectivity index (χ2v) is 15.7. The van der Waals surface area contributed by atoms with Gasteiger partial charge in [0.25, 0.3) is 0 Å². The molecule has 1 aliphatic heterocycles. The first-order chi connectivity index (χ1) is 16.9. The van der Waals surface area contributed by atoms with Crippen LogP contribution in [0.1, 0.15) is 118 Å². The number of amides is 1. The van der Waals surface area contributed by atoms with Crippen LogP contribution in [0.3, 0.4) is 0 Å². The number of benzene rings is 1. The van der Waals surface area contributed by atoms with E-state index in [0.29, 0.717) is 22.3 Å². The number of likely N-dealkylation sites (tertiary alicyclic amines) is 1. The fourth-order valence-electron chi connectivity index (χ4n) is 5.51. The summed E-state index contributed by atoms with van der Waals surface area (Å²) in [6.45, 7) is 19.5. The number of carbonyl (C=O) groups excluding carboxylic acids is 1. The van der Waals surface area contributed by atoms with Gasteiger partial charge >= 0.3 is 0 Å². The van der Waals surface area contributed by atoms with Gasteiger partial charge in [-0.3, -0.25) is 9.69 Å². The number of nitrogens with one attached hydrogen (secondary N) is 1. The highest BCUT2D eigenvalue weighted by Gasteiger charge is 2.30. The van der Waals surface area contributed by atoms with E-state index in [0.717, 1.165) is 13.0 Å². The quantitative estimate of drug-likeness (QED) is 0.366. The summed E-state index contributed by atoms with van der Waals surface area (Å²) in [6.07, 6.45) is 10.0. The maximum atomic E-state index is 13.0. The third-order valence-corrected chi connectivity index (χ3v) is 10.9. The Morgan fingerprint density at radius 2 is 1.53 bits per heavy atom. The molecule has 1 aromatic carbocycles. The summed E-state index contributed by atoms with van der Waals surface area (Å²) in [7, 11) is 0. The topological polar surface area (TPSA) is 32.3 Å². The van der Waals surface area contributed by atoms with E-state index in [9.17, 15) is 4.79 Å². The summed E-state index contributed by atoms with van der Waals surface area (Å²) >= 11 is 3.97. The average Bonchev–Trinajstić information content (AvgIpc) is 2.81. The van der Waals surface area contributed by atoms with Crippen LogP contribution < -0.4 is 5.32 Å². The lowest BCUT2D eigenvalue weighted by molar-refractivity contribution is -0.121. The minimum absolute atomic E-state index is 0.136. The molecule has 1 amide bonds. The molecule has 1 saturated carbocycles. The molecule has 1 heterocycles. The van der Waals surface area contributed by atoms with Crippen LogP contribution >= 0.6 is 23.5 Å². The van der Waals surface area contributed by atoms with Gasteiger partial charge in [-0.2, -0.15) is 0 Å². The first-order valence-corrected chi connectivity index (χ1v) is 16.3. The van der Waals surface area contributed by atoms with E-state index < -0.39 is 0 Å². The molecule has 0 aromatic heterocycles. The third-order valence-electron chi connectivity index (χ3n) is 7.97. The summed E-state index contributed by atoms with van der Waals surface area (Å²) in [5, 5.41) is 4.49. The molecule has 0 spiro atoms. The van der Waals surface area contributed by atoms with Gasteiger partial charge in [0.15, 0.2) is 0 Å². The van der Waals surface area contributed by atoms with Crippen molar-refractivity contribution in [2.24, 2.45) is 0 Å². The van der Waals surface area contributed by atoms with Gasteiger partial charge in [0.1, 0.15) is 0 Å². The van der Waals surface area contributed by atoms with Gasteiger partial charge in [0.05, 0.1) is 11.9 Å². The van der Waals surface area contributed by atoms with Crippen molar-refractivity contribution in [3.8, 4) is 0 Å². The van der Waals surface area contributed by atoms with Gasteiger partial charge in [-0.05, 0) is 73.1 Å². The lowest BCUT2D eigenvalue weighted by atomic mass is 9.81. The molecular formula is C31H52N2OS2. The van der Waals surface area contributed by atoms with E-state index in [2.05, 4.69) is 95.6 Å². The van der Waals surface area contributed by atoms with Gasteiger partial charge < -0.3 is 5.32 Å². The molecule has 4 atom stereocenters. The Morgan fingerprint density at radius 1 is 0.944 bits per heavy atom.